The van der Waals surface area contributed by atoms with E-state index in [0.717, 1.165) is 22.3 Å². The molecule has 29 heavy (non-hydrogen) atoms. The number of alkyl halides is 5. The van der Waals surface area contributed by atoms with E-state index >= 15 is 0 Å². The van der Waals surface area contributed by atoms with Crippen molar-refractivity contribution in [1.82, 2.24) is 15.2 Å². The maximum atomic E-state index is 12.6. The maximum Gasteiger partial charge on any atom is 0.434 e. The molecule has 0 aliphatic heterocycles. The largest absolute Gasteiger partial charge is 0.435 e. The van der Waals surface area contributed by atoms with Crippen LogP contribution in [0.2, 0.25) is 0 Å². The molecule has 0 aliphatic rings. The summed E-state index contributed by atoms with van der Waals surface area (Å²) in [6, 6.07) is 6.23. The predicted molar refractivity (Wildman–Crippen MR) is 112 cm³/mol. The summed E-state index contributed by atoms with van der Waals surface area (Å²) in [6.45, 7) is -2.06. The number of guanidine groups is 1. The van der Waals surface area contributed by atoms with E-state index in [1.54, 1.807) is 31.1 Å². The minimum absolute atomic E-state index is 0. The summed E-state index contributed by atoms with van der Waals surface area (Å²) in [5.74, 6) is 0.617. The Hall–Kier alpha value is -1.70. The van der Waals surface area contributed by atoms with E-state index in [9.17, 15) is 22.0 Å². The molecule has 1 heterocycles. The van der Waals surface area contributed by atoms with Crippen LogP contribution in [0.1, 0.15) is 16.3 Å². The van der Waals surface area contributed by atoms with Crippen LogP contribution in [0.3, 0.4) is 0 Å². The lowest BCUT2D eigenvalue weighted by Gasteiger charge is -2.22. The van der Waals surface area contributed by atoms with Gasteiger partial charge in [0, 0.05) is 39.0 Å². The Labute approximate surface area is 186 Å². The third-order valence-electron chi connectivity index (χ3n) is 3.61. The average molecular weight is 550 g/mol. The van der Waals surface area contributed by atoms with Crippen LogP contribution in [0.15, 0.2) is 34.6 Å². The topological polar surface area (TPSA) is 49.8 Å². The van der Waals surface area contributed by atoms with Crippen LogP contribution in [-0.4, -0.2) is 43.1 Å². The van der Waals surface area contributed by atoms with E-state index in [-0.39, 0.29) is 29.7 Å². The molecule has 0 aliphatic carbocycles. The van der Waals surface area contributed by atoms with Crippen LogP contribution in [0, 0.1) is 0 Å². The molecule has 0 amide bonds. The van der Waals surface area contributed by atoms with Crippen LogP contribution >= 0.6 is 35.3 Å². The lowest BCUT2D eigenvalue weighted by molar-refractivity contribution is -0.140. The van der Waals surface area contributed by atoms with Crippen LogP contribution in [0.25, 0.3) is 0 Å². The summed E-state index contributed by atoms with van der Waals surface area (Å²) in [6.07, 6.45) is -4.11. The molecular formula is C17H20F5IN4OS. The molecule has 1 aromatic heterocycles. The molecule has 2 rings (SSSR count). The first-order chi connectivity index (χ1) is 13.2. The lowest BCUT2D eigenvalue weighted by Crippen LogP contribution is -2.39. The average Bonchev–Trinajstić information content (AvgIpc) is 3.09. The number of aromatic nitrogens is 1. The van der Waals surface area contributed by atoms with E-state index < -0.39 is 18.5 Å². The fourth-order valence-electron chi connectivity index (χ4n) is 2.35. The van der Waals surface area contributed by atoms with Gasteiger partial charge in [0.2, 0.25) is 0 Å². The number of rotatable bonds is 7. The number of hydrogen-bond donors (Lipinski definition) is 1. The van der Waals surface area contributed by atoms with Gasteiger partial charge in [0.05, 0.1) is 5.01 Å². The zero-order chi connectivity index (χ0) is 20.7. The van der Waals surface area contributed by atoms with Crippen LogP contribution < -0.4 is 10.1 Å². The Morgan fingerprint density at radius 1 is 1.28 bits per heavy atom. The van der Waals surface area contributed by atoms with Crippen molar-refractivity contribution in [3.8, 4) is 5.75 Å². The van der Waals surface area contributed by atoms with E-state index in [4.69, 9.17) is 0 Å². The second kappa shape index (κ2) is 11.5. The molecule has 0 spiro atoms. The molecule has 1 aromatic carbocycles. The summed E-state index contributed by atoms with van der Waals surface area (Å²) in [4.78, 5) is 9.51. The third kappa shape index (κ3) is 8.28. The number of aliphatic imine (C=N–C) groups is 1. The first-order valence-electron chi connectivity index (χ1n) is 8.16. The summed E-state index contributed by atoms with van der Waals surface area (Å²) in [7, 11) is 3.37. The molecule has 0 saturated carbocycles. The summed E-state index contributed by atoms with van der Waals surface area (Å²) >= 11 is 0.962. The Balaban J connectivity index is 0.00000420. The van der Waals surface area contributed by atoms with Crippen molar-refractivity contribution in [2.75, 3.05) is 20.6 Å². The van der Waals surface area contributed by atoms with Crippen LogP contribution in [0.4, 0.5) is 22.0 Å². The van der Waals surface area contributed by atoms with Gasteiger partial charge in [-0.05, 0) is 17.7 Å². The summed E-state index contributed by atoms with van der Waals surface area (Å²) in [5.41, 5.74) is -0.0323. The summed E-state index contributed by atoms with van der Waals surface area (Å²) in [5, 5.41) is 4.44. The monoisotopic (exact) mass is 550 g/mol. The molecule has 0 saturated heterocycles. The first kappa shape index (κ1) is 25.3. The van der Waals surface area contributed by atoms with Crippen molar-refractivity contribution in [3.63, 3.8) is 0 Å². The van der Waals surface area contributed by atoms with Gasteiger partial charge >= 0.3 is 12.8 Å². The zero-order valence-corrected chi connectivity index (χ0v) is 18.7. The van der Waals surface area contributed by atoms with Gasteiger partial charge in [-0.25, -0.2) is 4.98 Å². The van der Waals surface area contributed by atoms with E-state index in [2.05, 4.69) is 20.0 Å². The Morgan fingerprint density at radius 2 is 1.93 bits per heavy atom. The van der Waals surface area contributed by atoms with Crippen molar-refractivity contribution in [3.05, 3.63) is 45.9 Å². The van der Waals surface area contributed by atoms with Crippen LogP contribution in [0.5, 0.6) is 5.75 Å². The Bertz CT molecular complexity index is 783. The molecule has 1 N–H and O–H groups in total. The van der Waals surface area contributed by atoms with Gasteiger partial charge in [-0.2, -0.15) is 22.0 Å². The third-order valence-corrected chi connectivity index (χ3v) is 4.51. The molecule has 162 valence electrons. The molecule has 0 bridgehead atoms. The van der Waals surface area contributed by atoms with Gasteiger partial charge in [0.1, 0.15) is 5.75 Å². The fourth-order valence-corrected chi connectivity index (χ4v) is 3.15. The number of ether oxygens (including phenoxy) is 1. The Morgan fingerprint density at radius 3 is 2.45 bits per heavy atom. The number of nitrogens with one attached hydrogen (secondary N) is 1. The van der Waals surface area contributed by atoms with E-state index in [1.807, 2.05) is 0 Å². The van der Waals surface area contributed by atoms with Crippen molar-refractivity contribution < 1.29 is 26.7 Å². The van der Waals surface area contributed by atoms with Crippen molar-refractivity contribution in [2.45, 2.75) is 25.8 Å². The van der Waals surface area contributed by atoms with Gasteiger partial charge in [-0.1, -0.05) is 12.1 Å². The number of thiazole rings is 1. The fraction of sp³-hybridized carbons (Fsp3) is 0.412. The minimum atomic E-state index is -4.44. The predicted octanol–water partition coefficient (Wildman–Crippen LogP) is 4.63. The molecule has 12 heteroatoms. The lowest BCUT2D eigenvalue weighted by atomic mass is 10.2. The van der Waals surface area contributed by atoms with Crippen molar-refractivity contribution >= 4 is 41.3 Å². The van der Waals surface area contributed by atoms with Gasteiger partial charge in [-0.15, -0.1) is 35.3 Å². The number of nitrogens with zero attached hydrogens (tertiary/aromatic N) is 3. The number of halogens is 6. The van der Waals surface area contributed by atoms with Gasteiger partial charge in [0.25, 0.3) is 0 Å². The molecule has 0 unspecified atom stereocenters. The smallest absolute Gasteiger partial charge is 0.434 e. The molecule has 5 nitrogen and oxygen atoms in total. The minimum Gasteiger partial charge on any atom is -0.435 e. The maximum absolute atomic E-state index is 12.6. The van der Waals surface area contributed by atoms with Gasteiger partial charge in [-0.3, -0.25) is 4.99 Å². The number of hydrogen-bond acceptors (Lipinski definition) is 4. The highest BCUT2D eigenvalue weighted by molar-refractivity contribution is 14.0. The highest BCUT2D eigenvalue weighted by Crippen LogP contribution is 2.30. The second-order valence-corrected chi connectivity index (χ2v) is 6.67. The molecule has 2 aromatic rings. The standard InChI is InChI=1S/C17H19F5N4OS.HI/c1-23-16(24-8-7-14-25-13(10-28-14)17(20,21)22)26(2)9-11-3-5-12(6-4-11)27-15(18)19;/h3-6,10,15H,7-9H2,1-2H3,(H,23,24);1H. The highest BCUT2D eigenvalue weighted by atomic mass is 127. The highest BCUT2D eigenvalue weighted by Gasteiger charge is 2.33. The van der Waals surface area contributed by atoms with Gasteiger partial charge < -0.3 is 15.0 Å². The molecule has 0 radical (unpaired) electrons. The SMILES string of the molecule is CN=C(NCCc1nc(C(F)(F)F)cs1)N(C)Cc1ccc(OC(F)F)cc1.I. The quantitative estimate of drug-likeness (QED) is 0.237. The van der Waals surface area contributed by atoms with E-state index in [0.29, 0.717) is 30.5 Å². The zero-order valence-electron chi connectivity index (χ0n) is 15.5. The number of benzene rings is 1. The van der Waals surface area contributed by atoms with Gasteiger partial charge in [0.15, 0.2) is 11.7 Å². The molecule has 0 fully saturated rings. The first-order valence-corrected chi connectivity index (χ1v) is 9.04. The normalized spacial score (nSPS) is 11.9. The Kier molecular flexibility index (Phi) is 10.0. The second-order valence-electron chi connectivity index (χ2n) is 5.73. The van der Waals surface area contributed by atoms with Crippen LogP contribution in [-0.2, 0) is 19.1 Å². The molecule has 0 atom stereocenters. The van der Waals surface area contributed by atoms with Crippen molar-refractivity contribution in [1.29, 1.82) is 0 Å². The van der Waals surface area contributed by atoms with E-state index in [1.165, 1.54) is 12.1 Å². The molecular weight excluding hydrogens is 530 g/mol. The summed E-state index contributed by atoms with van der Waals surface area (Å²) < 4.78 is 66.3. The van der Waals surface area contributed by atoms with Crippen molar-refractivity contribution in [2.24, 2.45) is 4.99 Å².